The second kappa shape index (κ2) is 9.20. The van der Waals surface area contributed by atoms with Gasteiger partial charge in [0.05, 0.1) is 0 Å². The fourth-order valence-electron chi connectivity index (χ4n) is 3.86. The Labute approximate surface area is 192 Å². The highest BCUT2D eigenvalue weighted by Gasteiger charge is 2.15. The van der Waals surface area contributed by atoms with Gasteiger partial charge < -0.3 is 15.5 Å². The Morgan fingerprint density at radius 2 is 1.75 bits per heavy atom. The van der Waals surface area contributed by atoms with Crippen LogP contribution in [-0.2, 0) is 6.54 Å². The highest BCUT2D eigenvalue weighted by molar-refractivity contribution is 7.21. The van der Waals surface area contributed by atoms with E-state index in [0.717, 1.165) is 71.1 Å². The molecule has 8 heteroatoms. The van der Waals surface area contributed by atoms with E-state index in [1.54, 1.807) is 11.3 Å². The number of anilines is 4. The molecule has 1 saturated heterocycles. The van der Waals surface area contributed by atoms with Gasteiger partial charge in [0.15, 0.2) is 5.13 Å². The first-order chi connectivity index (χ1) is 15.6. The molecule has 1 aromatic carbocycles. The minimum Gasteiger partial charge on any atom is -0.340 e. The SMILES string of the molecule is Cc1cc(Nc2ccccc2)nc2sc(Nc3cc(CN4CCN(C)CC4)ccn3)nc12. The number of aromatic nitrogens is 3. The molecule has 0 saturated carbocycles. The van der Waals surface area contributed by atoms with Gasteiger partial charge in [-0.3, -0.25) is 4.90 Å². The summed E-state index contributed by atoms with van der Waals surface area (Å²) in [6.45, 7) is 7.46. The van der Waals surface area contributed by atoms with Crippen molar-refractivity contribution in [2.24, 2.45) is 0 Å². The zero-order chi connectivity index (χ0) is 21.9. The van der Waals surface area contributed by atoms with Gasteiger partial charge >= 0.3 is 0 Å². The molecule has 0 atom stereocenters. The molecule has 2 N–H and O–H groups in total. The van der Waals surface area contributed by atoms with E-state index in [-0.39, 0.29) is 0 Å². The van der Waals surface area contributed by atoms with Gasteiger partial charge in [-0.25, -0.2) is 15.0 Å². The third kappa shape index (κ3) is 4.88. The monoisotopic (exact) mass is 445 g/mol. The minimum atomic E-state index is 0.803. The Morgan fingerprint density at radius 1 is 0.938 bits per heavy atom. The average molecular weight is 446 g/mol. The number of likely N-dealkylation sites (N-methyl/N-ethyl adjacent to an activating group) is 1. The third-order valence-electron chi connectivity index (χ3n) is 5.67. The van der Waals surface area contributed by atoms with Crippen LogP contribution >= 0.6 is 11.3 Å². The van der Waals surface area contributed by atoms with Crippen molar-refractivity contribution in [3.8, 4) is 0 Å². The molecule has 1 aliphatic rings. The number of nitrogens with zero attached hydrogens (tertiary/aromatic N) is 5. The van der Waals surface area contributed by atoms with E-state index in [1.165, 1.54) is 5.56 Å². The highest BCUT2D eigenvalue weighted by Crippen LogP contribution is 2.31. The normalized spacial score (nSPS) is 15.2. The fraction of sp³-hybridized carbons (Fsp3) is 0.292. The number of piperazine rings is 1. The van der Waals surface area contributed by atoms with E-state index in [2.05, 4.69) is 51.5 Å². The molecule has 5 rings (SSSR count). The van der Waals surface area contributed by atoms with Gasteiger partial charge in [-0.2, -0.15) is 0 Å². The number of pyridine rings is 2. The van der Waals surface area contributed by atoms with Gasteiger partial charge in [0, 0.05) is 44.6 Å². The molecular weight excluding hydrogens is 418 g/mol. The Morgan fingerprint density at radius 3 is 2.56 bits per heavy atom. The summed E-state index contributed by atoms with van der Waals surface area (Å²) < 4.78 is 0. The standard InChI is InChI=1S/C24H27N7S/c1-17-14-21(26-19-6-4-3-5-7-19)27-23-22(17)29-24(32-23)28-20-15-18(8-9-25-20)16-31-12-10-30(2)11-13-31/h3-9,14-15H,10-13,16H2,1-2H3,(H,26,27)(H,25,28,29). The highest BCUT2D eigenvalue weighted by atomic mass is 32.1. The van der Waals surface area contributed by atoms with Crippen molar-refractivity contribution in [3.05, 3.63) is 65.9 Å². The van der Waals surface area contributed by atoms with Crippen molar-refractivity contribution in [1.82, 2.24) is 24.8 Å². The van der Waals surface area contributed by atoms with Crippen molar-refractivity contribution < 1.29 is 0 Å². The van der Waals surface area contributed by atoms with Gasteiger partial charge in [0.1, 0.15) is 22.0 Å². The lowest BCUT2D eigenvalue weighted by molar-refractivity contribution is 0.148. The number of rotatable bonds is 6. The molecule has 32 heavy (non-hydrogen) atoms. The molecular formula is C24H27N7S. The van der Waals surface area contributed by atoms with Gasteiger partial charge in [0.2, 0.25) is 0 Å². The molecule has 4 aromatic rings. The predicted molar refractivity (Wildman–Crippen MR) is 132 cm³/mol. The Bertz CT molecular complexity index is 1200. The number of hydrogen-bond acceptors (Lipinski definition) is 8. The Balaban J connectivity index is 1.31. The summed E-state index contributed by atoms with van der Waals surface area (Å²) in [6, 6.07) is 16.3. The van der Waals surface area contributed by atoms with E-state index in [0.29, 0.717) is 0 Å². The Kier molecular flexibility index (Phi) is 5.98. The first-order valence-electron chi connectivity index (χ1n) is 10.9. The Hall–Kier alpha value is -3.07. The van der Waals surface area contributed by atoms with Crippen LogP contribution in [0.1, 0.15) is 11.1 Å². The molecule has 7 nitrogen and oxygen atoms in total. The summed E-state index contributed by atoms with van der Waals surface area (Å²) in [6.07, 6.45) is 1.87. The van der Waals surface area contributed by atoms with Crippen LogP contribution in [0.3, 0.4) is 0 Å². The third-order valence-corrected chi connectivity index (χ3v) is 6.53. The maximum absolute atomic E-state index is 4.77. The van der Waals surface area contributed by atoms with E-state index >= 15 is 0 Å². The van der Waals surface area contributed by atoms with E-state index in [1.807, 2.05) is 42.6 Å². The number of thiazole rings is 1. The van der Waals surface area contributed by atoms with Crippen LogP contribution in [-0.4, -0.2) is 58.0 Å². The molecule has 0 aliphatic carbocycles. The number of benzene rings is 1. The topological polar surface area (TPSA) is 69.2 Å². The molecule has 0 bridgehead atoms. The average Bonchev–Trinajstić information content (AvgIpc) is 3.19. The number of aryl methyl sites for hydroxylation is 1. The zero-order valence-corrected chi connectivity index (χ0v) is 19.2. The first kappa shape index (κ1) is 20.8. The van der Waals surface area contributed by atoms with Crippen LogP contribution in [0.25, 0.3) is 10.3 Å². The fourth-order valence-corrected chi connectivity index (χ4v) is 4.78. The molecule has 1 fully saturated rings. The van der Waals surface area contributed by atoms with Crippen LogP contribution in [0, 0.1) is 6.92 Å². The van der Waals surface area contributed by atoms with Crippen LogP contribution in [0.4, 0.5) is 22.5 Å². The molecule has 1 aliphatic heterocycles. The van der Waals surface area contributed by atoms with Gasteiger partial charge in [0.25, 0.3) is 0 Å². The summed E-state index contributed by atoms with van der Waals surface area (Å²) in [5.41, 5.74) is 4.29. The summed E-state index contributed by atoms with van der Waals surface area (Å²) in [7, 11) is 2.18. The van der Waals surface area contributed by atoms with Crippen LogP contribution < -0.4 is 10.6 Å². The van der Waals surface area contributed by atoms with Crippen molar-refractivity contribution in [2.75, 3.05) is 43.9 Å². The maximum Gasteiger partial charge on any atom is 0.190 e. The van der Waals surface area contributed by atoms with E-state index < -0.39 is 0 Å². The summed E-state index contributed by atoms with van der Waals surface area (Å²) in [5.74, 6) is 1.64. The molecule has 3 aromatic heterocycles. The van der Waals surface area contributed by atoms with Gasteiger partial charge in [-0.1, -0.05) is 29.5 Å². The van der Waals surface area contributed by atoms with Crippen molar-refractivity contribution in [2.45, 2.75) is 13.5 Å². The quantitative estimate of drug-likeness (QED) is 0.448. The molecule has 164 valence electrons. The molecule has 0 unspecified atom stereocenters. The largest absolute Gasteiger partial charge is 0.340 e. The second-order valence-corrected chi connectivity index (χ2v) is 9.22. The summed E-state index contributed by atoms with van der Waals surface area (Å²) in [4.78, 5) is 19.8. The maximum atomic E-state index is 4.77. The van der Waals surface area contributed by atoms with Gasteiger partial charge in [-0.05, 0) is 55.4 Å². The molecule has 0 spiro atoms. The molecule has 0 radical (unpaired) electrons. The van der Waals surface area contributed by atoms with Crippen molar-refractivity contribution in [1.29, 1.82) is 0 Å². The smallest absolute Gasteiger partial charge is 0.190 e. The lowest BCUT2D eigenvalue weighted by Crippen LogP contribution is -2.43. The second-order valence-electron chi connectivity index (χ2n) is 8.24. The number of nitrogens with one attached hydrogen (secondary N) is 2. The van der Waals surface area contributed by atoms with Gasteiger partial charge in [-0.15, -0.1) is 0 Å². The lowest BCUT2D eigenvalue weighted by Gasteiger charge is -2.32. The van der Waals surface area contributed by atoms with Crippen molar-refractivity contribution in [3.63, 3.8) is 0 Å². The zero-order valence-electron chi connectivity index (χ0n) is 18.4. The van der Waals surface area contributed by atoms with Crippen molar-refractivity contribution >= 4 is 44.1 Å². The van der Waals surface area contributed by atoms with Crippen LogP contribution in [0.15, 0.2) is 54.7 Å². The van der Waals surface area contributed by atoms with E-state index in [4.69, 9.17) is 9.97 Å². The molecule has 4 heterocycles. The number of para-hydroxylation sites is 1. The first-order valence-corrected chi connectivity index (χ1v) is 11.7. The number of fused-ring (bicyclic) bond motifs is 1. The summed E-state index contributed by atoms with van der Waals surface area (Å²) >= 11 is 1.54. The lowest BCUT2D eigenvalue weighted by atomic mass is 10.2. The van der Waals surface area contributed by atoms with Crippen LogP contribution in [0.5, 0.6) is 0 Å². The molecule has 0 amide bonds. The number of hydrogen-bond donors (Lipinski definition) is 2. The predicted octanol–water partition coefficient (Wildman–Crippen LogP) is 4.63. The van der Waals surface area contributed by atoms with Crippen LogP contribution in [0.2, 0.25) is 0 Å². The van der Waals surface area contributed by atoms with E-state index in [9.17, 15) is 0 Å². The minimum absolute atomic E-state index is 0.803. The summed E-state index contributed by atoms with van der Waals surface area (Å²) in [5, 5.41) is 7.56.